The van der Waals surface area contributed by atoms with Crippen LogP contribution in [0.25, 0.3) is 0 Å². The van der Waals surface area contributed by atoms with E-state index in [4.69, 9.17) is 0 Å². The van der Waals surface area contributed by atoms with Gasteiger partial charge in [0.15, 0.2) is 0 Å². The minimum absolute atomic E-state index is 0. The molecule has 1 saturated heterocycles. The molecule has 3 nitrogen and oxygen atoms in total. The monoisotopic (exact) mass is 260 g/mol. The predicted molar refractivity (Wildman–Crippen MR) is 50.3 cm³/mol. The van der Waals surface area contributed by atoms with Crippen LogP contribution in [-0.2, 0) is 37.5 Å². The molecule has 4 heteroatoms. The molecule has 0 aromatic carbocycles. The summed E-state index contributed by atoms with van der Waals surface area (Å²) in [6.45, 7) is 9.36. The van der Waals surface area contributed by atoms with Gasteiger partial charge in [-0.1, -0.05) is 13.8 Å². The number of amides is 1. The number of carbonyl (C=O) groups excluding carboxylic acids is 1. The van der Waals surface area contributed by atoms with Crippen molar-refractivity contribution in [3.8, 4) is 0 Å². The van der Waals surface area contributed by atoms with Crippen molar-refractivity contribution in [2.24, 2.45) is 0 Å². The van der Waals surface area contributed by atoms with Crippen LogP contribution in [0.15, 0.2) is 0 Å². The van der Waals surface area contributed by atoms with E-state index in [0.717, 1.165) is 0 Å². The van der Waals surface area contributed by atoms with Crippen LogP contribution in [-0.4, -0.2) is 35.0 Å². The van der Waals surface area contributed by atoms with Gasteiger partial charge in [0, 0.05) is 45.4 Å². The summed E-state index contributed by atoms with van der Waals surface area (Å²) in [4.78, 5) is 14.5. The third-order valence-corrected chi connectivity index (χ3v) is 1.77. The minimum atomic E-state index is 0. The Bertz CT molecular complexity index is 151. The quantitative estimate of drug-likeness (QED) is 0.664. The smallest absolute Gasteiger partial charge is 0.208 e. The fraction of sp³-hybridized carbons (Fsp3) is 0.778. The molecular formula is C9H19N2OY-. The molecular weight excluding hydrogens is 241 g/mol. The van der Waals surface area contributed by atoms with Gasteiger partial charge in [-0.3, -0.25) is 16.7 Å². The number of nitrogens with zero attached hydrogens (tertiary/aromatic N) is 2. The van der Waals surface area contributed by atoms with Gasteiger partial charge in [-0.15, -0.1) is 0 Å². The molecule has 1 aliphatic rings. The van der Waals surface area contributed by atoms with Gasteiger partial charge in [-0.25, -0.2) is 0 Å². The molecule has 0 spiro atoms. The molecule has 1 fully saturated rings. The van der Waals surface area contributed by atoms with Crippen molar-refractivity contribution in [2.75, 3.05) is 13.2 Å². The van der Waals surface area contributed by atoms with Gasteiger partial charge in [0.05, 0.1) is 6.54 Å². The molecule has 1 amide bonds. The van der Waals surface area contributed by atoms with Crippen molar-refractivity contribution in [3.63, 3.8) is 0 Å². The molecule has 0 aliphatic carbocycles. The van der Waals surface area contributed by atoms with E-state index in [1.165, 1.54) is 4.90 Å². The third kappa shape index (κ3) is 5.09. The minimum Gasteiger partial charge on any atom is -0.483 e. The summed E-state index contributed by atoms with van der Waals surface area (Å²) in [6.07, 6.45) is 0. The van der Waals surface area contributed by atoms with E-state index in [9.17, 15) is 4.79 Å². The maximum Gasteiger partial charge on any atom is 0.208 e. The van der Waals surface area contributed by atoms with E-state index in [1.807, 2.05) is 13.8 Å². The van der Waals surface area contributed by atoms with Crippen molar-refractivity contribution in [2.45, 2.75) is 33.7 Å². The molecule has 75 valence electrons. The largest absolute Gasteiger partial charge is 0.483 e. The number of carbonyl (C=O) groups is 1. The summed E-state index contributed by atoms with van der Waals surface area (Å²) in [5.41, 5.74) is 0. The molecule has 1 heterocycles. The molecule has 0 saturated carbocycles. The normalized spacial score (nSPS) is 16.8. The number of rotatable bonds is 1. The summed E-state index contributed by atoms with van der Waals surface area (Å²) in [7, 11) is 3.59. The molecule has 0 unspecified atom stereocenters. The van der Waals surface area contributed by atoms with E-state index in [-0.39, 0.29) is 38.6 Å². The Morgan fingerprint density at radius 3 is 2.00 bits per heavy atom. The molecule has 13 heavy (non-hydrogen) atoms. The van der Waals surface area contributed by atoms with Crippen LogP contribution in [0.3, 0.4) is 0 Å². The zero-order chi connectivity index (χ0) is 9.72. The van der Waals surface area contributed by atoms with Crippen molar-refractivity contribution in [3.05, 3.63) is 7.05 Å². The first-order valence-corrected chi connectivity index (χ1v) is 4.46. The van der Waals surface area contributed by atoms with Crippen LogP contribution in [0.4, 0.5) is 0 Å². The first-order valence-electron chi connectivity index (χ1n) is 4.46. The standard InChI is InChI=1S/C7H13N2O.C2H6.Y/c1-6(2)9-4-7(10)8(3)5-9;1-2;/h6H,3-5H2,1-2H3;1-2H3;/q-1;;. The van der Waals surface area contributed by atoms with Crippen molar-refractivity contribution < 1.29 is 37.5 Å². The Kier molecular flexibility index (Phi) is 9.70. The molecule has 1 radical (unpaired) electrons. The Labute approximate surface area is 107 Å². The average molecular weight is 260 g/mol. The zero-order valence-electron chi connectivity index (χ0n) is 9.08. The number of hydrogen-bond donors (Lipinski definition) is 0. The maximum atomic E-state index is 10.9. The van der Waals surface area contributed by atoms with Crippen molar-refractivity contribution in [1.29, 1.82) is 0 Å². The van der Waals surface area contributed by atoms with Gasteiger partial charge in [-0.05, 0) is 13.8 Å². The Balaban J connectivity index is 0. The van der Waals surface area contributed by atoms with Gasteiger partial charge >= 0.3 is 0 Å². The fourth-order valence-electron chi connectivity index (χ4n) is 0.968. The molecule has 0 N–H and O–H groups in total. The third-order valence-electron chi connectivity index (χ3n) is 1.77. The second-order valence-corrected chi connectivity index (χ2v) is 2.92. The number of hydrogen-bond acceptors (Lipinski definition) is 2. The van der Waals surface area contributed by atoms with Crippen molar-refractivity contribution in [1.82, 2.24) is 9.80 Å². The first-order chi connectivity index (χ1) is 5.61. The van der Waals surface area contributed by atoms with Crippen LogP contribution < -0.4 is 0 Å². The second kappa shape index (κ2) is 7.89. The average Bonchev–Trinajstić information content (AvgIpc) is 2.36. The van der Waals surface area contributed by atoms with Gasteiger partial charge in [0.2, 0.25) is 5.91 Å². The molecule has 1 aliphatic heterocycles. The summed E-state index contributed by atoms with van der Waals surface area (Å²) >= 11 is 0. The van der Waals surface area contributed by atoms with Gasteiger partial charge < -0.3 is 4.90 Å². The van der Waals surface area contributed by atoms with E-state index in [1.54, 1.807) is 0 Å². The van der Waals surface area contributed by atoms with Crippen LogP contribution >= 0.6 is 0 Å². The summed E-state index contributed by atoms with van der Waals surface area (Å²) in [5, 5.41) is 0. The molecule has 0 bridgehead atoms. The summed E-state index contributed by atoms with van der Waals surface area (Å²) < 4.78 is 0. The van der Waals surface area contributed by atoms with Gasteiger partial charge in [0.1, 0.15) is 0 Å². The second-order valence-electron chi connectivity index (χ2n) is 2.92. The fourth-order valence-corrected chi connectivity index (χ4v) is 0.968. The van der Waals surface area contributed by atoms with Crippen LogP contribution in [0.1, 0.15) is 27.7 Å². The summed E-state index contributed by atoms with van der Waals surface area (Å²) in [5.74, 6) is 0.119. The van der Waals surface area contributed by atoms with Crippen LogP contribution in [0.5, 0.6) is 0 Å². The van der Waals surface area contributed by atoms with Gasteiger partial charge in [-0.2, -0.15) is 0 Å². The van der Waals surface area contributed by atoms with Crippen LogP contribution in [0, 0.1) is 7.05 Å². The summed E-state index contributed by atoms with van der Waals surface area (Å²) in [6, 6.07) is 0.440. The van der Waals surface area contributed by atoms with E-state index in [2.05, 4.69) is 25.8 Å². The SMILES string of the molecule is CC.[CH2-]N1CN(C(C)C)CC1=O.[Y]. The van der Waals surface area contributed by atoms with Crippen molar-refractivity contribution >= 4 is 5.91 Å². The molecule has 0 aromatic rings. The molecule has 1 rings (SSSR count). The van der Waals surface area contributed by atoms with Crippen LogP contribution in [0.2, 0.25) is 0 Å². The van der Waals surface area contributed by atoms with E-state index < -0.39 is 0 Å². The van der Waals surface area contributed by atoms with E-state index in [0.29, 0.717) is 19.3 Å². The maximum absolute atomic E-state index is 10.9. The molecule has 0 aromatic heterocycles. The first kappa shape index (κ1) is 16.0. The predicted octanol–water partition coefficient (Wildman–Crippen LogP) is 1.31. The molecule has 0 atom stereocenters. The van der Waals surface area contributed by atoms with E-state index >= 15 is 0 Å². The van der Waals surface area contributed by atoms with Gasteiger partial charge in [0.25, 0.3) is 0 Å². The Morgan fingerprint density at radius 2 is 1.85 bits per heavy atom. The topological polar surface area (TPSA) is 23.6 Å². The Hall–Kier alpha value is 0.534. The Morgan fingerprint density at radius 1 is 1.38 bits per heavy atom. The zero-order valence-corrected chi connectivity index (χ0v) is 11.9.